The van der Waals surface area contributed by atoms with Crippen LogP contribution in [0.3, 0.4) is 0 Å². The normalized spacial score (nSPS) is 11.5. The number of rotatable bonds is 7. The Labute approximate surface area is 190 Å². The summed E-state index contributed by atoms with van der Waals surface area (Å²) in [6.07, 6.45) is 0. The van der Waals surface area contributed by atoms with E-state index in [1.54, 1.807) is 0 Å². The molecule has 0 saturated carbocycles. The molecule has 3 aromatic carbocycles. The molecule has 0 aliphatic carbocycles. The molecule has 0 fully saturated rings. The summed E-state index contributed by atoms with van der Waals surface area (Å²) >= 11 is 0. The molecule has 0 aliphatic heterocycles. The number of esters is 2. The minimum Gasteiger partial charge on any atom is -0.426 e. The van der Waals surface area contributed by atoms with Crippen LogP contribution in [0.4, 0.5) is 0 Å². The van der Waals surface area contributed by atoms with E-state index in [4.69, 9.17) is 9.47 Å². The van der Waals surface area contributed by atoms with Crippen LogP contribution in [-0.4, -0.2) is 11.9 Å². The first-order valence-corrected chi connectivity index (χ1v) is 10.9. The Bertz CT molecular complexity index is 983. The Balaban J connectivity index is 1.98. The van der Waals surface area contributed by atoms with Crippen LogP contribution in [0.15, 0.2) is 78.9 Å². The van der Waals surface area contributed by atoms with Crippen molar-refractivity contribution >= 4 is 11.9 Å². The highest BCUT2D eigenvalue weighted by Gasteiger charge is 2.31. The van der Waals surface area contributed by atoms with Crippen LogP contribution in [0, 0.1) is 11.8 Å². The average Bonchev–Trinajstić information content (AvgIpc) is 2.80. The molecule has 0 aliphatic rings. The van der Waals surface area contributed by atoms with Crippen molar-refractivity contribution in [1.29, 1.82) is 0 Å². The Morgan fingerprint density at radius 1 is 0.594 bits per heavy atom. The van der Waals surface area contributed by atoms with Crippen molar-refractivity contribution in [3.63, 3.8) is 0 Å². The fourth-order valence-corrected chi connectivity index (χ4v) is 3.45. The summed E-state index contributed by atoms with van der Waals surface area (Å²) in [5.41, 5.74) is 2.78. The lowest BCUT2D eigenvalue weighted by atomic mass is 9.71. The summed E-state index contributed by atoms with van der Waals surface area (Å²) in [5.74, 6) is 0.169. The fraction of sp³-hybridized carbons (Fsp3) is 0.286. The number of ether oxygens (including phenoxy) is 2. The smallest absolute Gasteiger partial charge is 0.313 e. The third kappa shape index (κ3) is 5.08. The molecule has 0 radical (unpaired) electrons. The van der Waals surface area contributed by atoms with Gasteiger partial charge in [0.1, 0.15) is 11.5 Å². The van der Waals surface area contributed by atoms with Crippen LogP contribution < -0.4 is 9.47 Å². The molecule has 166 valence electrons. The SMILES string of the molecule is CC(C)C(=O)Oc1ccc(C(C)(c2ccccc2)c2ccc(OC(=O)C(C)C)cc2)cc1. The molecule has 0 atom stereocenters. The van der Waals surface area contributed by atoms with Crippen LogP contribution in [0.1, 0.15) is 51.3 Å². The van der Waals surface area contributed by atoms with Crippen molar-refractivity contribution in [2.75, 3.05) is 0 Å². The minimum absolute atomic E-state index is 0.187. The summed E-state index contributed by atoms with van der Waals surface area (Å²) in [5, 5.41) is 0. The maximum atomic E-state index is 11.9. The van der Waals surface area contributed by atoms with Crippen LogP contribution in [0.2, 0.25) is 0 Å². The van der Waals surface area contributed by atoms with Gasteiger partial charge in [0.25, 0.3) is 0 Å². The van der Waals surface area contributed by atoms with Crippen LogP contribution in [0.5, 0.6) is 11.5 Å². The van der Waals surface area contributed by atoms with E-state index in [0.29, 0.717) is 11.5 Å². The van der Waals surface area contributed by atoms with Gasteiger partial charge < -0.3 is 9.47 Å². The van der Waals surface area contributed by atoms with Gasteiger partial charge in [-0.25, -0.2) is 0 Å². The van der Waals surface area contributed by atoms with Crippen molar-refractivity contribution in [1.82, 2.24) is 0 Å². The maximum absolute atomic E-state index is 11.9. The van der Waals surface area contributed by atoms with Crippen LogP contribution in [-0.2, 0) is 15.0 Å². The maximum Gasteiger partial charge on any atom is 0.313 e. The van der Waals surface area contributed by atoms with E-state index < -0.39 is 5.41 Å². The molecular formula is C28H30O4. The number of hydrogen-bond donors (Lipinski definition) is 0. The van der Waals surface area contributed by atoms with E-state index in [0.717, 1.165) is 16.7 Å². The molecule has 0 bridgehead atoms. The number of hydrogen-bond acceptors (Lipinski definition) is 4. The molecule has 4 nitrogen and oxygen atoms in total. The quantitative estimate of drug-likeness (QED) is 0.256. The lowest BCUT2D eigenvalue weighted by Gasteiger charge is -2.32. The first-order chi connectivity index (χ1) is 15.2. The summed E-state index contributed by atoms with van der Waals surface area (Å²) < 4.78 is 10.9. The molecule has 0 amide bonds. The highest BCUT2D eigenvalue weighted by atomic mass is 16.5. The second-order valence-corrected chi connectivity index (χ2v) is 8.69. The summed E-state index contributed by atoms with van der Waals surface area (Å²) in [4.78, 5) is 23.9. The van der Waals surface area contributed by atoms with Crippen molar-refractivity contribution in [3.8, 4) is 11.5 Å². The van der Waals surface area contributed by atoms with Gasteiger partial charge in [0, 0.05) is 5.41 Å². The van der Waals surface area contributed by atoms with Crippen molar-refractivity contribution < 1.29 is 19.1 Å². The Morgan fingerprint density at radius 3 is 1.28 bits per heavy atom. The molecule has 32 heavy (non-hydrogen) atoms. The highest BCUT2D eigenvalue weighted by Crippen LogP contribution is 2.40. The molecular weight excluding hydrogens is 400 g/mol. The van der Waals surface area contributed by atoms with Crippen molar-refractivity contribution in [3.05, 3.63) is 95.6 Å². The van der Waals surface area contributed by atoms with Gasteiger partial charge in [0.15, 0.2) is 0 Å². The molecule has 0 heterocycles. The first kappa shape index (κ1) is 23.3. The van der Waals surface area contributed by atoms with E-state index in [-0.39, 0.29) is 23.8 Å². The second kappa shape index (κ2) is 9.82. The third-order valence-corrected chi connectivity index (χ3v) is 5.59. The van der Waals surface area contributed by atoms with Gasteiger partial charge in [-0.2, -0.15) is 0 Å². The van der Waals surface area contributed by atoms with Gasteiger partial charge >= 0.3 is 11.9 Å². The molecule has 3 aromatic rings. The van der Waals surface area contributed by atoms with Crippen molar-refractivity contribution in [2.24, 2.45) is 11.8 Å². The molecule has 3 rings (SSSR count). The van der Waals surface area contributed by atoms with Gasteiger partial charge in [-0.1, -0.05) is 82.3 Å². The Hall–Kier alpha value is -3.40. The van der Waals surface area contributed by atoms with Gasteiger partial charge in [-0.15, -0.1) is 0 Å². The predicted octanol–water partition coefficient (Wildman–Crippen LogP) is 6.16. The molecule has 0 N–H and O–H groups in total. The van der Waals surface area contributed by atoms with E-state index in [9.17, 15) is 9.59 Å². The largest absolute Gasteiger partial charge is 0.426 e. The Morgan fingerprint density at radius 2 is 0.938 bits per heavy atom. The molecule has 0 aromatic heterocycles. The number of benzene rings is 3. The zero-order valence-electron chi connectivity index (χ0n) is 19.3. The molecule has 4 heteroatoms. The molecule has 0 spiro atoms. The van der Waals surface area contributed by atoms with Gasteiger partial charge in [0.2, 0.25) is 0 Å². The summed E-state index contributed by atoms with van der Waals surface area (Å²) in [7, 11) is 0. The molecule has 0 unspecified atom stereocenters. The third-order valence-electron chi connectivity index (χ3n) is 5.59. The summed E-state index contributed by atoms with van der Waals surface area (Å²) in [6.45, 7) is 9.40. The lowest BCUT2D eigenvalue weighted by molar-refractivity contribution is -0.138. The number of carbonyl (C=O) groups is 2. The topological polar surface area (TPSA) is 52.6 Å². The molecule has 0 saturated heterocycles. The highest BCUT2D eigenvalue weighted by molar-refractivity contribution is 5.75. The second-order valence-electron chi connectivity index (χ2n) is 8.69. The van der Waals surface area contributed by atoms with E-state index in [1.807, 2.05) is 94.4 Å². The minimum atomic E-state index is -0.456. The standard InChI is InChI=1S/C28H30O4/c1-19(2)26(29)31-24-15-11-22(12-16-24)28(5,21-9-7-6-8-10-21)23-13-17-25(18-14-23)32-27(30)20(3)4/h6-20H,1-5H3. The zero-order valence-corrected chi connectivity index (χ0v) is 19.3. The Kier molecular flexibility index (Phi) is 7.14. The van der Waals surface area contributed by atoms with Gasteiger partial charge in [-0.05, 0) is 47.9 Å². The van der Waals surface area contributed by atoms with Gasteiger partial charge in [-0.3, -0.25) is 9.59 Å². The first-order valence-electron chi connectivity index (χ1n) is 10.9. The van der Waals surface area contributed by atoms with E-state index >= 15 is 0 Å². The fourth-order valence-electron chi connectivity index (χ4n) is 3.45. The van der Waals surface area contributed by atoms with E-state index in [1.165, 1.54) is 0 Å². The monoisotopic (exact) mass is 430 g/mol. The van der Waals surface area contributed by atoms with Crippen molar-refractivity contribution in [2.45, 2.75) is 40.0 Å². The predicted molar refractivity (Wildman–Crippen MR) is 126 cm³/mol. The number of carbonyl (C=O) groups excluding carboxylic acids is 2. The lowest BCUT2D eigenvalue weighted by Crippen LogP contribution is -2.25. The van der Waals surface area contributed by atoms with Crippen LogP contribution in [0.25, 0.3) is 0 Å². The average molecular weight is 431 g/mol. The summed E-state index contributed by atoms with van der Waals surface area (Å²) in [6, 6.07) is 25.5. The van der Waals surface area contributed by atoms with Gasteiger partial charge in [0.05, 0.1) is 11.8 Å². The van der Waals surface area contributed by atoms with Crippen LogP contribution >= 0.6 is 0 Å². The zero-order chi connectivity index (χ0) is 23.3. The van der Waals surface area contributed by atoms with E-state index in [2.05, 4.69) is 19.1 Å².